The molecule has 0 amide bonds. The van der Waals surface area contributed by atoms with E-state index in [1.165, 1.54) is 10.9 Å². The Morgan fingerprint density at radius 1 is 1.77 bits per heavy atom. The molecule has 1 aromatic heterocycles. The number of nitrogens with zero attached hydrogens (tertiary/aromatic N) is 3. The van der Waals surface area contributed by atoms with E-state index >= 15 is 0 Å². The zero-order chi connectivity index (χ0) is 9.68. The Kier molecular flexibility index (Phi) is 3.17. The molecule has 1 heterocycles. The molecule has 0 fully saturated rings. The SMILES string of the molecule is N#CCC(=O)n1cnc(CCN)c1. The van der Waals surface area contributed by atoms with Crippen LogP contribution in [0.25, 0.3) is 0 Å². The number of hydrogen-bond donors (Lipinski definition) is 1. The maximum absolute atomic E-state index is 11.1. The van der Waals surface area contributed by atoms with Crippen LogP contribution in [0.1, 0.15) is 16.9 Å². The third-order valence-electron chi connectivity index (χ3n) is 1.55. The summed E-state index contributed by atoms with van der Waals surface area (Å²) >= 11 is 0. The number of carbonyl (C=O) groups is 1. The highest BCUT2D eigenvalue weighted by Gasteiger charge is 2.04. The van der Waals surface area contributed by atoms with Gasteiger partial charge in [-0.3, -0.25) is 9.36 Å². The first-order valence-corrected chi connectivity index (χ1v) is 3.91. The van der Waals surface area contributed by atoms with Crippen LogP contribution in [0.4, 0.5) is 0 Å². The van der Waals surface area contributed by atoms with Crippen molar-refractivity contribution in [2.75, 3.05) is 6.54 Å². The van der Waals surface area contributed by atoms with Gasteiger partial charge in [0.1, 0.15) is 12.7 Å². The molecule has 0 spiro atoms. The van der Waals surface area contributed by atoms with E-state index in [1.807, 2.05) is 0 Å². The molecular weight excluding hydrogens is 168 g/mol. The highest BCUT2D eigenvalue weighted by atomic mass is 16.2. The van der Waals surface area contributed by atoms with Crippen LogP contribution in [0.2, 0.25) is 0 Å². The van der Waals surface area contributed by atoms with Crippen LogP contribution in [-0.4, -0.2) is 22.0 Å². The van der Waals surface area contributed by atoms with Gasteiger partial charge in [-0.15, -0.1) is 0 Å². The second-order valence-electron chi connectivity index (χ2n) is 2.54. The molecule has 0 saturated heterocycles. The van der Waals surface area contributed by atoms with Crippen molar-refractivity contribution in [3.63, 3.8) is 0 Å². The Balaban J connectivity index is 2.69. The van der Waals surface area contributed by atoms with Crippen LogP contribution in [0.3, 0.4) is 0 Å². The fraction of sp³-hybridized carbons (Fsp3) is 0.375. The molecule has 1 rings (SSSR count). The number of hydrogen-bond acceptors (Lipinski definition) is 4. The highest BCUT2D eigenvalue weighted by molar-refractivity contribution is 5.80. The molecule has 13 heavy (non-hydrogen) atoms. The van der Waals surface area contributed by atoms with Crippen molar-refractivity contribution < 1.29 is 4.79 Å². The van der Waals surface area contributed by atoms with Crippen molar-refractivity contribution in [3.8, 4) is 6.07 Å². The number of rotatable bonds is 3. The smallest absolute Gasteiger partial charge is 0.246 e. The summed E-state index contributed by atoms with van der Waals surface area (Å²) in [6.07, 6.45) is 3.53. The lowest BCUT2D eigenvalue weighted by molar-refractivity contribution is 0.0919. The third-order valence-corrected chi connectivity index (χ3v) is 1.55. The fourth-order valence-electron chi connectivity index (χ4n) is 0.936. The van der Waals surface area contributed by atoms with Crippen LogP contribution in [0.15, 0.2) is 12.5 Å². The van der Waals surface area contributed by atoms with Crippen molar-refractivity contribution in [2.45, 2.75) is 12.8 Å². The lowest BCUT2D eigenvalue weighted by Gasteiger charge is -1.93. The quantitative estimate of drug-likeness (QED) is 0.702. The van der Waals surface area contributed by atoms with E-state index in [4.69, 9.17) is 11.0 Å². The number of nitriles is 1. The Hall–Kier alpha value is -1.67. The van der Waals surface area contributed by atoms with Gasteiger partial charge in [0.15, 0.2) is 0 Å². The van der Waals surface area contributed by atoms with Crippen LogP contribution < -0.4 is 5.73 Å². The Bertz CT molecular complexity index is 336. The fourth-order valence-corrected chi connectivity index (χ4v) is 0.936. The summed E-state index contributed by atoms with van der Waals surface area (Å²) in [5, 5.41) is 8.28. The molecule has 68 valence electrons. The van der Waals surface area contributed by atoms with Gasteiger partial charge in [-0.05, 0) is 6.54 Å². The molecule has 0 unspecified atom stereocenters. The predicted octanol–water partition coefficient (Wildman–Crippen LogP) is -0.0618. The van der Waals surface area contributed by atoms with E-state index in [0.717, 1.165) is 5.69 Å². The van der Waals surface area contributed by atoms with Crippen molar-refractivity contribution in [2.24, 2.45) is 5.73 Å². The monoisotopic (exact) mass is 178 g/mol. The summed E-state index contributed by atoms with van der Waals surface area (Å²) in [6.45, 7) is 0.503. The van der Waals surface area contributed by atoms with E-state index in [0.29, 0.717) is 13.0 Å². The summed E-state index contributed by atoms with van der Waals surface area (Å²) in [4.78, 5) is 15.1. The molecule has 0 aromatic carbocycles. The molecule has 2 N–H and O–H groups in total. The first-order chi connectivity index (χ1) is 6.27. The largest absolute Gasteiger partial charge is 0.330 e. The van der Waals surface area contributed by atoms with Gasteiger partial charge in [0.2, 0.25) is 5.91 Å². The molecule has 0 aliphatic carbocycles. The van der Waals surface area contributed by atoms with Gasteiger partial charge in [-0.25, -0.2) is 4.98 Å². The van der Waals surface area contributed by atoms with Gasteiger partial charge in [0, 0.05) is 12.6 Å². The van der Waals surface area contributed by atoms with E-state index in [1.54, 1.807) is 12.3 Å². The normalized spacial score (nSPS) is 9.54. The van der Waals surface area contributed by atoms with Gasteiger partial charge in [0.25, 0.3) is 0 Å². The van der Waals surface area contributed by atoms with Gasteiger partial charge in [-0.1, -0.05) is 0 Å². The van der Waals surface area contributed by atoms with Crippen molar-refractivity contribution in [3.05, 3.63) is 18.2 Å². The summed E-state index contributed by atoms with van der Waals surface area (Å²) in [5.74, 6) is -0.265. The molecule has 0 atom stereocenters. The maximum atomic E-state index is 11.1. The molecule has 5 nitrogen and oxygen atoms in total. The molecule has 1 aromatic rings. The number of nitrogens with two attached hydrogens (primary N) is 1. The minimum Gasteiger partial charge on any atom is -0.330 e. The third kappa shape index (κ3) is 2.39. The van der Waals surface area contributed by atoms with Crippen LogP contribution in [0, 0.1) is 11.3 Å². The molecule has 0 bridgehead atoms. The van der Waals surface area contributed by atoms with Gasteiger partial charge in [0.05, 0.1) is 11.8 Å². The van der Waals surface area contributed by atoms with Crippen LogP contribution in [-0.2, 0) is 6.42 Å². The Morgan fingerprint density at radius 3 is 3.15 bits per heavy atom. The van der Waals surface area contributed by atoms with E-state index in [-0.39, 0.29) is 12.3 Å². The number of aromatic nitrogens is 2. The zero-order valence-corrected chi connectivity index (χ0v) is 7.10. The molecule has 0 radical (unpaired) electrons. The molecule has 5 heteroatoms. The van der Waals surface area contributed by atoms with Crippen molar-refractivity contribution in [1.82, 2.24) is 9.55 Å². The molecular formula is C8H10N4O. The van der Waals surface area contributed by atoms with Crippen molar-refractivity contribution in [1.29, 1.82) is 5.26 Å². The highest BCUT2D eigenvalue weighted by Crippen LogP contribution is 1.97. The standard InChI is InChI=1S/C8H10N4O/c9-3-1-7-5-12(6-11-7)8(13)2-4-10/h5-6H,1-3,9H2. The van der Waals surface area contributed by atoms with Gasteiger partial charge >= 0.3 is 0 Å². The second kappa shape index (κ2) is 4.38. The predicted molar refractivity (Wildman–Crippen MR) is 45.8 cm³/mol. The second-order valence-corrected chi connectivity index (χ2v) is 2.54. The topological polar surface area (TPSA) is 84.7 Å². The van der Waals surface area contributed by atoms with Gasteiger partial charge < -0.3 is 5.73 Å². The van der Waals surface area contributed by atoms with Gasteiger partial charge in [-0.2, -0.15) is 5.26 Å². The Labute approximate surface area is 75.8 Å². The average molecular weight is 178 g/mol. The summed E-state index contributed by atoms with van der Waals surface area (Å²) in [5.41, 5.74) is 6.09. The average Bonchev–Trinajstić information content (AvgIpc) is 2.54. The Morgan fingerprint density at radius 2 is 2.54 bits per heavy atom. The zero-order valence-electron chi connectivity index (χ0n) is 7.10. The number of imidazole rings is 1. The lowest BCUT2D eigenvalue weighted by Crippen LogP contribution is -2.07. The van der Waals surface area contributed by atoms with Crippen LogP contribution >= 0.6 is 0 Å². The molecule has 0 saturated carbocycles. The first-order valence-electron chi connectivity index (χ1n) is 3.91. The first kappa shape index (κ1) is 9.42. The maximum Gasteiger partial charge on any atom is 0.246 e. The number of carbonyl (C=O) groups excluding carboxylic acids is 1. The van der Waals surface area contributed by atoms with E-state index in [9.17, 15) is 4.79 Å². The summed E-state index contributed by atoms with van der Waals surface area (Å²) in [7, 11) is 0. The summed E-state index contributed by atoms with van der Waals surface area (Å²) < 4.78 is 1.31. The molecule has 0 aliphatic rings. The van der Waals surface area contributed by atoms with E-state index < -0.39 is 0 Å². The van der Waals surface area contributed by atoms with Crippen molar-refractivity contribution >= 4 is 5.91 Å². The van der Waals surface area contributed by atoms with E-state index in [2.05, 4.69) is 4.98 Å². The molecule has 0 aliphatic heterocycles. The lowest BCUT2D eigenvalue weighted by atomic mass is 10.3. The minimum absolute atomic E-state index is 0.127. The minimum atomic E-state index is -0.265. The summed E-state index contributed by atoms with van der Waals surface area (Å²) in [6, 6.07) is 1.78. The van der Waals surface area contributed by atoms with Crippen LogP contribution in [0.5, 0.6) is 0 Å².